The molecule has 31 heavy (non-hydrogen) atoms. The molecule has 4 rings (SSSR count). The van der Waals surface area contributed by atoms with E-state index in [-0.39, 0.29) is 24.1 Å². The highest BCUT2D eigenvalue weighted by atomic mass is 32.2. The molecule has 156 valence electrons. The maximum Gasteiger partial charge on any atom is 0.250 e. The van der Waals surface area contributed by atoms with Crippen molar-refractivity contribution in [3.8, 4) is 5.75 Å². The first-order chi connectivity index (χ1) is 15.2. The molecule has 0 bridgehead atoms. The van der Waals surface area contributed by atoms with Crippen molar-refractivity contribution in [2.24, 2.45) is 5.10 Å². The van der Waals surface area contributed by atoms with Gasteiger partial charge in [-0.15, -0.1) is 0 Å². The Morgan fingerprint density at radius 3 is 2.84 bits per heavy atom. The van der Waals surface area contributed by atoms with E-state index in [2.05, 4.69) is 20.5 Å². The maximum absolute atomic E-state index is 13.7. The zero-order chi connectivity index (χ0) is 21.5. The second-order valence-corrected chi connectivity index (χ2v) is 7.56. The fourth-order valence-corrected chi connectivity index (χ4v) is 3.48. The zero-order valence-electron chi connectivity index (χ0n) is 16.4. The van der Waals surface area contributed by atoms with Gasteiger partial charge in [0.15, 0.2) is 5.16 Å². The second-order valence-electron chi connectivity index (χ2n) is 6.59. The van der Waals surface area contributed by atoms with Gasteiger partial charge in [0, 0.05) is 5.56 Å². The molecule has 8 heteroatoms. The molecule has 0 radical (unpaired) electrons. The number of imidazole rings is 1. The molecule has 0 aliphatic carbocycles. The minimum atomic E-state index is -0.302. The molecule has 6 nitrogen and oxygen atoms in total. The van der Waals surface area contributed by atoms with E-state index < -0.39 is 0 Å². The molecular formula is C23H19FN4O2S. The second kappa shape index (κ2) is 9.90. The Kier molecular flexibility index (Phi) is 6.59. The van der Waals surface area contributed by atoms with Crippen molar-refractivity contribution in [2.75, 3.05) is 5.75 Å². The van der Waals surface area contributed by atoms with Crippen molar-refractivity contribution in [1.82, 2.24) is 15.4 Å². The number of benzene rings is 3. The van der Waals surface area contributed by atoms with E-state index in [4.69, 9.17) is 4.74 Å². The number of hydrogen-bond donors (Lipinski definition) is 2. The van der Waals surface area contributed by atoms with E-state index in [9.17, 15) is 9.18 Å². The van der Waals surface area contributed by atoms with Crippen LogP contribution in [-0.2, 0) is 11.4 Å². The molecule has 0 atom stereocenters. The number of aromatic amines is 1. The van der Waals surface area contributed by atoms with Crippen molar-refractivity contribution >= 4 is 34.9 Å². The predicted octanol–water partition coefficient (Wildman–Crippen LogP) is 4.52. The lowest BCUT2D eigenvalue weighted by Crippen LogP contribution is -2.19. The minimum absolute atomic E-state index is 0.128. The van der Waals surface area contributed by atoms with E-state index in [1.165, 1.54) is 24.0 Å². The topological polar surface area (TPSA) is 79.4 Å². The standard InChI is InChI=1S/C23H19FN4O2S/c24-19-9-2-1-7-17(19)14-30-18-8-5-6-16(12-18)13-25-28-22(29)15-31-23-26-20-10-3-4-11-21(20)27-23/h1-13H,14-15H2,(H,26,27)(H,28,29)/b25-13+. The zero-order valence-corrected chi connectivity index (χ0v) is 17.2. The molecule has 0 aliphatic rings. The third-order valence-electron chi connectivity index (χ3n) is 4.32. The van der Waals surface area contributed by atoms with E-state index in [1.54, 1.807) is 36.4 Å². The summed E-state index contributed by atoms with van der Waals surface area (Å²) in [7, 11) is 0. The number of nitrogens with zero attached hydrogens (tertiary/aromatic N) is 2. The van der Waals surface area contributed by atoms with Crippen molar-refractivity contribution in [3.63, 3.8) is 0 Å². The molecule has 0 unspecified atom stereocenters. The number of rotatable bonds is 8. The number of ether oxygens (including phenoxy) is 1. The first-order valence-corrected chi connectivity index (χ1v) is 10.5. The van der Waals surface area contributed by atoms with Crippen LogP contribution in [-0.4, -0.2) is 27.8 Å². The number of nitrogens with one attached hydrogen (secondary N) is 2. The molecular weight excluding hydrogens is 415 g/mol. The number of para-hydroxylation sites is 2. The maximum atomic E-state index is 13.7. The SMILES string of the molecule is O=C(CSc1nc2ccccc2[nH]1)N/N=C/c1cccc(OCc2ccccc2F)c1. The molecule has 0 spiro atoms. The van der Waals surface area contributed by atoms with Crippen LogP contribution in [0.3, 0.4) is 0 Å². The van der Waals surface area contributed by atoms with Gasteiger partial charge in [-0.1, -0.05) is 54.2 Å². The van der Waals surface area contributed by atoms with Crippen LogP contribution >= 0.6 is 11.8 Å². The normalized spacial score (nSPS) is 11.1. The quantitative estimate of drug-likeness (QED) is 0.243. The summed E-state index contributed by atoms with van der Waals surface area (Å²) in [5.41, 5.74) is 5.52. The summed E-state index contributed by atoms with van der Waals surface area (Å²) in [5, 5.41) is 4.67. The van der Waals surface area contributed by atoms with Gasteiger partial charge < -0.3 is 9.72 Å². The predicted molar refractivity (Wildman–Crippen MR) is 120 cm³/mol. The van der Waals surface area contributed by atoms with E-state index in [1.807, 2.05) is 30.3 Å². The smallest absolute Gasteiger partial charge is 0.250 e. The number of hydrazone groups is 1. The molecule has 0 fully saturated rings. The van der Waals surface area contributed by atoms with Crippen molar-refractivity contribution in [1.29, 1.82) is 0 Å². The Hall–Kier alpha value is -3.65. The molecule has 0 saturated heterocycles. The Morgan fingerprint density at radius 1 is 1.13 bits per heavy atom. The summed E-state index contributed by atoms with van der Waals surface area (Å²) in [6.45, 7) is 0.128. The number of hydrogen-bond acceptors (Lipinski definition) is 5. The average Bonchev–Trinajstić information content (AvgIpc) is 3.21. The van der Waals surface area contributed by atoms with Gasteiger partial charge in [0.2, 0.25) is 0 Å². The number of H-pyrrole nitrogens is 1. The highest BCUT2D eigenvalue weighted by Gasteiger charge is 2.06. The van der Waals surface area contributed by atoms with Gasteiger partial charge in [-0.25, -0.2) is 14.8 Å². The van der Waals surface area contributed by atoms with Crippen molar-refractivity contribution in [3.05, 3.63) is 89.7 Å². The van der Waals surface area contributed by atoms with Gasteiger partial charge in [-0.2, -0.15) is 5.10 Å². The Morgan fingerprint density at radius 2 is 1.97 bits per heavy atom. The molecule has 0 aliphatic heterocycles. The first-order valence-electron chi connectivity index (χ1n) is 9.53. The van der Waals surface area contributed by atoms with Crippen LogP contribution in [0.1, 0.15) is 11.1 Å². The lowest BCUT2D eigenvalue weighted by Gasteiger charge is -2.07. The minimum Gasteiger partial charge on any atom is -0.489 e. The fourth-order valence-electron chi connectivity index (χ4n) is 2.80. The van der Waals surface area contributed by atoms with Crippen LogP contribution in [0.4, 0.5) is 4.39 Å². The van der Waals surface area contributed by atoms with E-state index in [0.717, 1.165) is 16.6 Å². The van der Waals surface area contributed by atoms with Crippen LogP contribution in [0.25, 0.3) is 11.0 Å². The van der Waals surface area contributed by atoms with Gasteiger partial charge in [-0.3, -0.25) is 4.79 Å². The van der Waals surface area contributed by atoms with Crippen LogP contribution in [0.5, 0.6) is 5.75 Å². The number of thioether (sulfide) groups is 1. The van der Waals surface area contributed by atoms with Gasteiger partial charge >= 0.3 is 0 Å². The Balaban J connectivity index is 1.26. The van der Waals surface area contributed by atoms with Gasteiger partial charge in [0.05, 0.1) is 23.0 Å². The van der Waals surface area contributed by atoms with E-state index >= 15 is 0 Å². The largest absolute Gasteiger partial charge is 0.489 e. The Bertz CT molecular complexity index is 1190. The number of carbonyl (C=O) groups is 1. The number of fused-ring (bicyclic) bond motifs is 1. The number of aromatic nitrogens is 2. The highest BCUT2D eigenvalue weighted by Crippen LogP contribution is 2.19. The molecule has 1 amide bonds. The fraction of sp³-hybridized carbons (Fsp3) is 0.0870. The Labute approximate surface area is 182 Å². The van der Waals surface area contributed by atoms with Crippen LogP contribution in [0.2, 0.25) is 0 Å². The molecule has 1 heterocycles. The summed E-state index contributed by atoms with van der Waals surface area (Å²) in [6.07, 6.45) is 1.53. The van der Waals surface area contributed by atoms with Gasteiger partial charge in [-0.05, 0) is 35.9 Å². The van der Waals surface area contributed by atoms with Crippen molar-refractivity contribution in [2.45, 2.75) is 11.8 Å². The molecule has 2 N–H and O–H groups in total. The number of halogens is 1. The number of amides is 1. The summed E-state index contributed by atoms with van der Waals surface area (Å²) in [4.78, 5) is 19.6. The first kappa shape index (κ1) is 20.6. The van der Waals surface area contributed by atoms with Crippen molar-refractivity contribution < 1.29 is 13.9 Å². The molecule has 3 aromatic carbocycles. The van der Waals surface area contributed by atoms with Crippen LogP contribution in [0.15, 0.2) is 83.1 Å². The monoisotopic (exact) mass is 434 g/mol. The summed E-state index contributed by atoms with van der Waals surface area (Å²) >= 11 is 1.31. The summed E-state index contributed by atoms with van der Waals surface area (Å²) < 4.78 is 19.3. The third-order valence-corrected chi connectivity index (χ3v) is 5.19. The van der Waals surface area contributed by atoms with Gasteiger partial charge in [0.1, 0.15) is 18.2 Å². The third kappa shape index (κ3) is 5.70. The number of carbonyl (C=O) groups excluding carboxylic acids is 1. The lowest BCUT2D eigenvalue weighted by atomic mass is 10.2. The van der Waals surface area contributed by atoms with E-state index in [0.29, 0.717) is 16.5 Å². The van der Waals surface area contributed by atoms with Crippen LogP contribution < -0.4 is 10.2 Å². The average molecular weight is 434 g/mol. The van der Waals surface area contributed by atoms with Gasteiger partial charge in [0.25, 0.3) is 5.91 Å². The van der Waals surface area contributed by atoms with Crippen LogP contribution in [0, 0.1) is 5.82 Å². The summed E-state index contributed by atoms with van der Waals surface area (Å²) in [5.74, 6) is 0.222. The summed E-state index contributed by atoms with van der Waals surface area (Å²) in [6, 6.07) is 21.3. The molecule has 0 saturated carbocycles. The lowest BCUT2D eigenvalue weighted by molar-refractivity contribution is -0.118. The molecule has 4 aromatic rings. The highest BCUT2D eigenvalue weighted by molar-refractivity contribution is 7.99. The molecule has 1 aromatic heterocycles.